The van der Waals surface area contributed by atoms with Crippen molar-refractivity contribution >= 4 is 17.3 Å². The minimum Gasteiger partial charge on any atom is -0.306 e. The standard InChI is InChI=1S/C19H16ClN5O3/c20-15-2-1-12(9-17(15)25(27)28)10-24-8-5-16-14(11-24)19(26)23-18(22-16)13-3-6-21-7-4-13/h1-4,6-7,9H,5,8,10-11H2,(H,22,23,26). The molecule has 0 saturated heterocycles. The molecule has 28 heavy (non-hydrogen) atoms. The molecule has 0 radical (unpaired) electrons. The van der Waals surface area contributed by atoms with Crippen LogP contribution in [0.3, 0.4) is 0 Å². The van der Waals surface area contributed by atoms with Crippen LogP contribution in [0.25, 0.3) is 11.4 Å². The molecule has 142 valence electrons. The minimum absolute atomic E-state index is 0.113. The summed E-state index contributed by atoms with van der Waals surface area (Å²) in [4.78, 5) is 36.7. The van der Waals surface area contributed by atoms with E-state index in [9.17, 15) is 14.9 Å². The second-order valence-electron chi connectivity index (χ2n) is 6.58. The number of hydrogen-bond acceptors (Lipinski definition) is 6. The van der Waals surface area contributed by atoms with Crippen LogP contribution < -0.4 is 5.56 Å². The van der Waals surface area contributed by atoms with E-state index in [2.05, 4.69) is 19.9 Å². The molecule has 2 aromatic heterocycles. The molecule has 0 aliphatic carbocycles. The number of aromatic amines is 1. The first-order valence-corrected chi connectivity index (χ1v) is 9.06. The summed E-state index contributed by atoms with van der Waals surface area (Å²) in [6, 6.07) is 8.37. The number of rotatable bonds is 4. The first-order valence-electron chi connectivity index (χ1n) is 8.69. The van der Waals surface area contributed by atoms with E-state index in [1.165, 1.54) is 12.1 Å². The zero-order valence-electron chi connectivity index (χ0n) is 14.8. The van der Waals surface area contributed by atoms with Gasteiger partial charge in [0, 0.05) is 50.1 Å². The van der Waals surface area contributed by atoms with Gasteiger partial charge in [-0.3, -0.25) is 24.8 Å². The van der Waals surface area contributed by atoms with Crippen molar-refractivity contribution in [2.24, 2.45) is 0 Å². The molecule has 1 N–H and O–H groups in total. The molecule has 0 amide bonds. The van der Waals surface area contributed by atoms with E-state index in [1.807, 2.05) is 0 Å². The molecular weight excluding hydrogens is 382 g/mol. The van der Waals surface area contributed by atoms with Crippen LogP contribution in [0.4, 0.5) is 5.69 Å². The predicted octanol–water partition coefficient (Wildman–Crippen LogP) is 2.95. The number of pyridine rings is 1. The van der Waals surface area contributed by atoms with Crippen LogP contribution in [0.5, 0.6) is 0 Å². The van der Waals surface area contributed by atoms with E-state index in [0.29, 0.717) is 37.4 Å². The highest BCUT2D eigenvalue weighted by Gasteiger charge is 2.22. The SMILES string of the molecule is O=c1[nH]c(-c2ccncc2)nc2c1CN(Cc1ccc(Cl)c([N+](=O)[O-])c1)CC2. The Bertz CT molecular complexity index is 1100. The van der Waals surface area contributed by atoms with Gasteiger partial charge in [-0.15, -0.1) is 0 Å². The third-order valence-corrected chi connectivity index (χ3v) is 5.03. The number of H-pyrrole nitrogens is 1. The van der Waals surface area contributed by atoms with E-state index >= 15 is 0 Å². The maximum absolute atomic E-state index is 12.6. The summed E-state index contributed by atoms with van der Waals surface area (Å²) in [5, 5.41) is 11.2. The third-order valence-electron chi connectivity index (χ3n) is 4.71. The summed E-state index contributed by atoms with van der Waals surface area (Å²) in [5.74, 6) is 0.535. The molecule has 0 saturated carbocycles. The molecule has 1 aliphatic heterocycles. The fraction of sp³-hybridized carbons (Fsp3) is 0.211. The van der Waals surface area contributed by atoms with Gasteiger partial charge in [-0.05, 0) is 23.8 Å². The molecule has 0 atom stereocenters. The molecule has 1 aliphatic rings. The number of hydrogen-bond donors (Lipinski definition) is 1. The number of halogens is 1. The van der Waals surface area contributed by atoms with Crippen molar-refractivity contribution in [2.75, 3.05) is 6.54 Å². The molecule has 0 spiro atoms. The smallest absolute Gasteiger partial charge is 0.288 e. The number of nitrogens with one attached hydrogen (secondary N) is 1. The van der Waals surface area contributed by atoms with Crippen molar-refractivity contribution in [3.05, 3.63) is 85.0 Å². The van der Waals surface area contributed by atoms with Crippen molar-refractivity contribution in [1.82, 2.24) is 19.9 Å². The van der Waals surface area contributed by atoms with Gasteiger partial charge in [0.2, 0.25) is 0 Å². The Morgan fingerprint density at radius 3 is 2.79 bits per heavy atom. The summed E-state index contributed by atoms with van der Waals surface area (Å²) >= 11 is 5.87. The number of aromatic nitrogens is 3. The summed E-state index contributed by atoms with van der Waals surface area (Å²) in [5.41, 5.74) is 2.73. The van der Waals surface area contributed by atoms with E-state index in [1.54, 1.807) is 30.6 Å². The molecule has 0 fully saturated rings. The highest BCUT2D eigenvalue weighted by molar-refractivity contribution is 6.32. The number of nitro groups is 1. The Kier molecular flexibility index (Phi) is 4.89. The lowest BCUT2D eigenvalue weighted by molar-refractivity contribution is -0.384. The van der Waals surface area contributed by atoms with Crippen LogP contribution in [0, 0.1) is 10.1 Å². The minimum atomic E-state index is -0.493. The summed E-state index contributed by atoms with van der Waals surface area (Å²) in [7, 11) is 0. The second kappa shape index (κ2) is 7.49. The lowest BCUT2D eigenvalue weighted by Crippen LogP contribution is -2.35. The molecule has 0 bridgehead atoms. The number of fused-ring (bicyclic) bond motifs is 1. The van der Waals surface area contributed by atoms with E-state index in [4.69, 9.17) is 11.6 Å². The second-order valence-corrected chi connectivity index (χ2v) is 6.99. The van der Waals surface area contributed by atoms with Gasteiger partial charge >= 0.3 is 0 Å². The van der Waals surface area contributed by atoms with Gasteiger partial charge in [0.25, 0.3) is 11.2 Å². The molecule has 3 aromatic rings. The topological polar surface area (TPSA) is 105 Å². The maximum atomic E-state index is 12.6. The third kappa shape index (κ3) is 3.64. The van der Waals surface area contributed by atoms with Crippen LogP contribution in [-0.2, 0) is 19.5 Å². The molecule has 4 rings (SSSR count). The van der Waals surface area contributed by atoms with Gasteiger partial charge in [-0.25, -0.2) is 4.98 Å². The molecular formula is C19H16ClN5O3. The average Bonchev–Trinajstić information content (AvgIpc) is 2.70. The van der Waals surface area contributed by atoms with Crippen LogP contribution >= 0.6 is 11.6 Å². The molecule has 9 heteroatoms. The average molecular weight is 398 g/mol. The van der Waals surface area contributed by atoms with Gasteiger partial charge in [0.05, 0.1) is 16.2 Å². The van der Waals surface area contributed by atoms with Crippen LogP contribution in [0.2, 0.25) is 5.02 Å². The Balaban J connectivity index is 1.57. The van der Waals surface area contributed by atoms with Crippen molar-refractivity contribution in [1.29, 1.82) is 0 Å². The molecule has 8 nitrogen and oxygen atoms in total. The van der Waals surface area contributed by atoms with E-state index < -0.39 is 4.92 Å². The summed E-state index contributed by atoms with van der Waals surface area (Å²) in [6.45, 7) is 1.63. The zero-order chi connectivity index (χ0) is 19.7. The van der Waals surface area contributed by atoms with Crippen LogP contribution in [0.1, 0.15) is 16.8 Å². The Morgan fingerprint density at radius 1 is 1.25 bits per heavy atom. The maximum Gasteiger partial charge on any atom is 0.288 e. The molecule has 3 heterocycles. The van der Waals surface area contributed by atoms with E-state index in [0.717, 1.165) is 16.8 Å². The molecule has 0 unspecified atom stereocenters. The van der Waals surface area contributed by atoms with Gasteiger partial charge < -0.3 is 4.98 Å². The van der Waals surface area contributed by atoms with Crippen molar-refractivity contribution in [3.63, 3.8) is 0 Å². The first kappa shape index (κ1) is 18.3. The van der Waals surface area contributed by atoms with E-state index in [-0.39, 0.29) is 16.3 Å². The lowest BCUT2D eigenvalue weighted by atomic mass is 10.1. The molecule has 1 aromatic carbocycles. The van der Waals surface area contributed by atoms with Crippen LogP contribution in [-0.4, -0.2) is 31.3 Å². The highest BCUT2D eigenvalue weighted by atomic mass is 35.5. The lowest BCUT2D eigenvalue weighted by Gasteiger charge is -2.27. The monoisotopic (exact) mass is 397 g/mol. The predicted molar refractivity (Wildman–Crippen MR) is 104 cm³/mol. The Hall–Kier alpha value is -3.10. The van der Waals surface area contributed by atoms with Gasteiger partial charge in [-0.2, -0.15) is 0 Å². The van der Waals surface area contributed by atoms with Crippen molar-refractivity contribution in [3.8, 4) is 11.4 Å². The Labute approximate surface area is 165 Å². The van der Waals surface area contributed by atoms with Gasteiger partial charge in [0.1, 0.15) is 10.8 Å². The zero-order valence-corrected chi connectivity index (χ0v) is 15.5. The van der Waals surface area contributed by atoms with Gasteiger partial charge in [0.15, 0.2) is 0 Å². The largest absolute Gasteiger partial charge is 0.306 e. The Morgan fingerprint density at radius 2 is 2.04 bits per heavy atom. The van der Waals surface area contributed by atoms with Crippen molar-refractivity contribution < 1.29 is 4.92 Å². The van der Waals surface area contributed by atoms with Crippen LogP contribution in [0.15, 0.2) is 47.5 Å². The van der Waals surface area contributed by atoms with Gasteiger partial charge in [-0.1, -0.05) is 17.7 Å². The summed E-state index contributed by atoms with van der Waals surface area (Å²) in [6.07, 6.45) is 3.94. The fourth-order valence-electron chi connectivity index (χ4n) is 3.32. The summed E-state index contributed by atoms with van der Waals surface area (Å²) < 4.78 is 0. The van der Waals surface area contributed by atoms with Crippen molar-refractivity contribution in [2.45, 2.75) is 19.5 Å². The highest BCUT2D eigenvalue weighted by Crippen LogP contribution is 2.26. The fourth-order valence-corrected chi connectivity index (χ4v) is 3.50. The normalized spacial score (nSPS) is 13.9. The number of nitrogens with zero attached hydrogens (tertiary/aromatic N) is 4. The first-order chi connectivity index (χ1) is 13.5. The number of nitro benzene ring substituents is 1. The number of benzene rings is 1. The quantitative estimate of drug-likeness (QED) is 0.536.